The molecule has 1 atom stereocenters. The van der Waals surface area contributed by atoms with Crippen LogP contribution in [0.25, 0.3) is 11.3 Å². The summed E-state index contributed by atoms with van der Waals surface area (Å²) in [5, 5.41) is 13.3. The van der Waals surface area contributed by atoms with Gasteiger partial charge in [-0.1, -0.05) is 30.3 Å². The summed E-state index contributed by atoms with van der Waals surface area (Å²) in [5.74, 6) is 0. The highest BCUT2D eigenvalue weighted by molar-refractivity contribution is 7.07. The lowest BCUT2D eigenvalue weighted by molar-refractivity contribution is -0.384. The molecule has 3 aromatic rings. The summed E-state index contributed by atoms with van der Waals surface area (Å²) in [6.07, 6.45) is 2.21. The lowest BCUT2D eigenvalue weighted by Crippen LogP contribution is -2.24. The number of aromatic nitrogens is 1. The fourth-order valence-electron chi connectivity index (χ4n) is 3.67. The zero-order valence-corrected chi connectivity index (χ0v) is 17.3. The van der Waals surface area contributed by atoms with Gasteiger partial charge in [0.15, 0.2) is 4.80 Å². The number of ether oxygens (including phenoxy) is 1. The number of thiazole rings is 1. The van der Waals surface area contributed by atoms with Gasteiger partial charge in [-0.3, -0.25) is 10.1 Å². The fraction of sp³-hybridized carbons (Fsp3) is 0.318. The number of benzene rings is 2. The van der Waals surface area contributed by atoms with E-state index < -0.39 is 0 Å². The summed E-state index contributed by atoms with van der Waals surface area (Å²) in [7, 11) is 0. The van der Waals surface area contributed by atoms with Crippen molar-refractivity contribution < 1.29 is 9.66 Å². The molecular weight excluding hydrogens is 386 g/mol. The molecule has 0 saturated carbocycles. The number of rotatable bonds is 5. The minimum atomic E-state index is -0.359. The molecule has 1 aromatic heterocycles. The van der Waals surface area contributed by atoms with Crippen LogP contribution in [0.15, 0.2) is 52.8 Å². The molecule has 0 N–H and O–H groups in total. The van der Waals surface area contributed by atoms with E-state index in [9.17, 15) is 10.1 Å². The van der Waals surface area contributed by atoms with E-state index in [1.807, 2.05) is 17.5 Å². The van der Waals surface area contributed by atoms with Crippen LogP contribution in [0.5, 0.6) is 0 Å². The molecule has 1 aliphatic rings. The van der Waals surface area contributed by atoms with Gasteiger partial charge in [-0.2, -0.15) is 0 Å². The zero-order valence-electron chi connectivity index (χ0n) is 16.5. The van der Waals surface area contributed by atoms with Crippen LogP contribution in [-0.4, -0.2) is 22.2 Å². The Kier molecular flexibility index (Phi) is 5.60. The van der Waals surface area contributed by atoms with Gasteiger partial charge >= 0.3 is 0 Å². The Morgan fingerprint density at radius 2 is 2.00 bits per heavy atom. The maximum absolute atomic E-state index is 11.2. The number of aryl methyl sites for hydroxylation is 2. The first-order valence-corrected chi connectivity index (χ1v) is 10.6. The maximum Gasteiger partial charge on any atom is 0.270 e. The number of non-ortho nitro benzene ring substituents is 1. The van der Waals surface area contributed by atoms with Crippen molar-refractivity contribution in [1.82, 2.24) is 4.57 Å². The van der Waals surface area contributed by atoms with Gasteiger partial charge in [-0.15, -0.1) is 11.3 Å². The highest BCUT2D eigenvalue weighted by Crippen LogP contribution is 2.27. The molecule has 1 fully saturated rings. The number of nitrogens with zero attached hydrogens (tertiary/aromatic N) is 3. The average molecular weight is 410 g/mol. The first-order chi connectivity index (χ1) is 14.0. The summed E-state index contributed by atoms with van der Waals surface area (Å²) < 4.78 is 8.01. The zero-order chi connectivity index (χ0) is 20.4. The van der Waals surface area contributed by atoms with Gasteiger partial charge in [0.2, 0.25) is 0 Å². The smallest absolute Gasteiger partial charge is 0.270 e. The summed E-state index contributed by atoms with van der Waals surface area (Å²) >= 11 is 1.55. The summed E-state index contributed by atoms with van der Waals surface area (Å²) in [4.78, 5) is 16.7. The molecule has 2 aromatic carbocycles. The van der Waals surface area contributed by atoms with Crippen LogP contribution in [0.4, 0.5) is 11.4 Å². The standard InChI is InChI=1S/C22H23N3O3S/c1-15-6-3-7-16(2)21(15)23-22-24(13-19-10-5-11-28-19)20(14-29-22)17-8-4-9-18(12-17)25(26)27/h3-4,6-9,12,14,19H,5,10-11,13H2,1-2H3. The number of nitro groups is 1. The van der Waals surface area contributed by atoms with Crippen LogP contribution >= 0.6 is 11.3 Å². The lowest BCUT2D eigenvalue weighted by atomic mass is 10.1. The molecule has 0 radical (unpaired) electrons. The van der Waals surface area contributed by atoms with Crippen LogP contribution in [0.1, 0.15) is 24.0 Å². The minimum absolute atomic E-state index is 0.0885. The molecule has 0 amide bonds. The van der Waals surface area contributed by atoms with E-state index in [0.717, 1.165) is 52.3 Å². The van der Waals surface area contributed by atoms with Gasteiger partial charge in [0.1, 0.15) is 0 Å². The van der Waals surface area contributed by atoms with E-state index in [0.29, 0.717) is 6.54 Å². The van der Waals surface area contributed by atoms with Gasteiger partial charge in [-0.25, -0.2) is 4.99 Å². The topological polar surface area (TPSA) is 69.7 Å². The third-order valence-electron chi connectivity index (χ3n) is 5.21. The first-order valence-electron chi connectivity index (χ1n) is 9.68. The molecule has 7 heteroatoms. The Balaban J connectivity index is 1.85. The molecule has 2 heterocycles. The Bertz CT molecular complexity index is 1090. The Hall–Kier alpha value is -2.77. The predicted molar refractivity (Wildman–Crippen MR) is 115 cm³/mol. The lowest BCUT2D eigenvalue weighted by Gasteiger charge is -2.14. The molecule has 1 aliphatic heterocycles. The molecule has 0 aliphatic carbocycles. The molecule has 29 heavy (non-hydrogen) atoms. The maximum atomic E-state index is 11.2. The molecule has 0 bridgehead atoms. The fourth-order valence-corrected chi connectivity index (χ4v) is 4.60. The van der Waals surface area contributed by atoms with Gasteiger partial charge in [0.05, 0.1) is 29.0 Å². The molecule has 1 unspecified atom stereocenters. The molecule has 6 nitrogen and oxygen atoms in total. The third-order valence-corrected chi connectivity index (χ3v) is 6.07. The van der Waals surface area contributed by atoms with E-state index in [-0.39, 0.29) is 16.7 Å². The van der Waals surface area contributed by atoms with E-state index in [2.05, 4.69) is 30.5 Å². The average Bonchev–Trinajstić information content (AvgIpc) is 3.36. The van der Waals surface area contributed by atoms with Crippen molar-refractivity contribution in [3.05, 3.63) is 73.9 Å². The summed E-state index contributed by atoms with van der Waals surface area (Å²) in [5.41, 5.74) is 5.06. The molecule has 150 valence electrons. The second-order valence-electron chi connectivity index (χ2n) is 7.31. The minimum Gasteiger partial charge on any atom is -0.376 e. The highest BCUT2D eigenvalue weighted by atomic mass is 32.1. The van der Waals surface area contributed by atoms with Gasteiger partial charge in [-0.05, 0) is 37.8 Å². The van der Waals surface area contributed by atoms with Gasteiger partial charge < -0.3 is 9.30 Å². The summed E-state index contributed by atoms with van der Waals surface area (Å²) in [6, 6.07) is 12.9. The van der Waals surface area contributed by atoms with E-state index in [4.69, 9.17) is 9.73 Å². The first kappa shape index (κ1) is 19.5. The molecule has 1 saturated heterocycles. The van der Waals surface area contributed by atoms with Crippen molar-refractivity contribution in [3.8, 4) is 11.3 Å². The number of nitro benzene ring substituents is 1. The quantitative estimate of drug-likeness (QED) is 0.432. The van der Waals surface area contributed by atoms with E-state index in [1.54, 1.807) is 23.5 Å². The molecule has 0 spiro atoms. The van der Waals surface area contributed by atoms with Crippen LogP contribution in [0.2, 0.25) is 0 Å². The second-order valence-corrected chi connectivity index (χ2v) is 8.15. The van der Waals surface area contributed by atoms with Crippen molar-refractivity contribution >= 4 is 22.7 Å². The van der Waals surface area contributed by atoms with Crippen molar-refractivity contribution in [1.29, 1.82) is 0 Å². The summed E-state index contributed by atoms with van der Waals surface area (Å²) in [6.45, 7) is 5.59. The van der Waals surface area contributed by atoms with Crippen LogP contribution in [0.3, 0.4) is 0 Å². The Morgan fingerprint density at radius 3 is 2.69 bits per heavy atom. The van der Waals surface area contributed by atoms with Gasteiger partial charge in [0, 0.05) is 29.7 Å². The largest absolute Gasteiger partial charge is 0.376 e. The monoisotopic (exact) mass is 409 g/mol. The number of hydrogen-bond donors (Lipinski definition) is 0. The Labute approximate surface area is 173 Å². The van der Waals surface area contributed by atoms with E-state index >= 15 is 0 Å². The van der Waals surface area contributed by atoms with Crippen molar-refractivity contribution in [2.75, 3.05) is 6.61 Å². The predicted octanol–water partition coefficient (Wildman–Crippen LogP) is 5.15. The number of para-hydroxylation sites is 1. The highest BCUT2D eigenvalue weighted by Gasteiger charge is 2.20. The molecule has 4 rings (SSSR count). The third kappa shape index (κ3) is 4.16. The van der Waals surface area contributed by atoms with Crippen molar-refractivity contribution in [2.45, 2.75) is 39.3 Å². The van der Waals surface area contributed by atoms with Crippen LogP contribution < -0.4 is 4.80 Å². The van der Waals surface area contributed by atoms with E-state index in [1.165, 1.54) is 6.07 Å². The van der Waals surface area contributed by atoms with Crippen molar-refractivity contribution in [2.24, 2.45) is 4.99 Å². The van der Waals surface area contributed by atoms with Crippen LogP contribution in [0, 0.1) is 24.0 Å². The Morgan fingerprint density at radius 1 is 1.24 bits per heavy atom. The molecular formula is C22H23N3O3S. The normalized spacial score (nSPS) is 17.0. The van der Waals surface area contributed by atoms with Crippen molar-refractivity contribution in [3.63, 3.8) is 0 Å². The number of hydrogen-bond acceptors (Lipinski definition) is 5. The van der Waals surface area contributed by atoms with Crippen LogP contribution in [-0.2, 0) is 11.3 Å². The van der Waals surface area contributed by atoms with Gasteiger partial charge in [0.25, 0.3) is 5.69 Å². The second kappa shape index (κ2) is 8.31. The SMILES string of the molecule is Cc1cccc(C)c1N=c1scc(-c2cccc([N+](=O)[O-])c2)n1CC1CCCO1.